The van der Waals surface area contributed by atoms with E-state index in [1.165, 1.54) is 5.56 Å². The average molecular weight is 278 g/mol. The van der Waals surface area contributed by atoms with E-state index in [-0.39, 0.29) is 5.91 Å². The van der Waals surface area contributed by atoms with Gasteiger partial charge in [-0.25, -0.2) is 4.98 Å². The highest BCUT2D eigenvalue weighted by atomic mass is 32.1. The van der Waals surface area contributed by atoms with Crippen LogP contribution in [0.5, 0.6) is 0 Å². The first-order valence-corrected chi connectivity index (χ1v) is 7.19. The third kappa shape index (κ3) is 4.17. The first-order chi connectivity index (χ1) is 9.15. The van der Waals surface area contributed by atoms with Gasteiger partial charge in [0.1, 0.15) is 0 Å². The molecule has 102 valence electrons. The van der Waals surface area contributed by atoms with Gasteiger partial charge in [0, 0.05) is 17.6 Å². The molecule has 0 atom stereocenters. The van der Waals surface area contributed by atoms with Gasteiger partial charge in [-0.05, 0) is 32.3 Å². The molecule has 0 radical (unpaired) electrons. The molecule has 2 N–H and O–H groups in total. The third-order valence-corrected chi connectivity index (χ3v) is 3.71. The molecule has 1 amide bonds. The van der Waals surface area contributed by atoms with Gasteiger partial charge in [0.25, 0.3) is 0 Å². The van der Waals surface area contributed by atoms with Crippen LogP contribution in [0.1, 0.15) is 28.4 Å². The number of rotatable bonds is 6. The van der Waals surface area contributed by atoms with Gasteiger partial charge in [0.2, 0.25) is 5.91 Å². The largest absolute Gasteiger partial charge is 0.356 e. The SMILES string of the molecule is Cc1nc(CC(=O)NCCCc2cn[nH]c2C)cs1. The third-order valence-electron chi connectivity index (χ3n) is 2.89. The van der Waals surface area contributed by atoms with E-state index < -0.39 is 0 Å². The van der Waals surface area contributed by atoms with Crippen molar-refractivity contribution in [1.82, 2.24) is 20.5 Å². The van der Waals surface area contributed by atoms with Gasteiger partial charge in [-0.2, -0.15) is 5.10 Å². The quantitative estimate of drug-likeness (QED) is 0.791. The summed E-state index contributed by atoms with van der Waals surface area (Å²) in [6.45, 7) is 4.64. The van der Waals surface area contributed by atoms with Crippen LogP contribution in [0.4, 0.5) is 0 Å². The number of hydrogen-bond acceptors (Lipinski definition) is 4. The molecule has 5 nitrogen and oxygen atoms in total. The van der Waals surface area contributed by atoms with Gasteiger partial charge >= 0.3 is 0 Å². The van der Waals surface area contributed by atoms with E-state index in [0.29, 0.717) is 13.0 Å². The second-order valence-corrected chi connectivity index (χ2v) is 5.57. The van der Waals surface area contributed by atoms with Crippen LogP contribution < -0.4 is 5.32 Å². The van der Waals surface area contributed by atoms with Crippen molar-refractivity contribution in [3.8, 4) is 0 Å². The molecule has 2 aromatic heterocycles. The minimum atomic E-state index is 0.0363. The number of amides is 1. The molecule has 0 aliphatic carbocycles. The molecule has 19 heavy (non-hydrogen) atoms. The number of aromatic amines is 1. The minimum absolute atomic E-state index is 0.0363. The topological polar surface area (TPSA) is 70.7 Å². The summed E-state index contributed by atoms with van der Waals surface area (Å²) >= 11 is 1.57. The fourth-order valence-electron chi connectivity index (χ4n) is 1.85. The first kappa shape index (κ1) is 13.7. The first-order valence-electron chi connectivity index (χ1n) is 6.31. The van der Waals surface area contributed by atoms with Crippen LogP contribution in [0.2, 0.25) is 0 Å². The highest BCUT2D eigenvalue weighted by Gasteiger charge is 2.06. The summed E-state index contributed by atoms with van der Waals surface area (Å²) in [6, 6.07) is 0. The van der Waals surface area contributed by atoms with Crippen molar-refractivity contribution in [1.29, 1.82) is 0 Å². The van der Waals surface area contributed by atoms with E-state index in [0.717, 1.165) is 29.2 Å². The molecular weight excluding hydrogens is 260 g/mol. The smallest absolute Gasteiger partial charge is 0.226 e. The molecule has 0 bridgehead atoms. The molecule has 6 heteroatoms. The van der Waals surface area contributed by atoms with Crippen LogP contribution in [0.15, 0.2) is 11.6 Å². The molecule has 0 aromatic carbocycles. The van der Waals surface area contributed by atoms with E-state index in [2.05, 4.69) is 20.5 Å². The van der Waals surface area contributed by atoms with E-state index in [1.807, 2.05) is 25.4 Å². The van der Waals surface area contributed by atoms with E-state index >= 15 is 0 Å². The number of aryl methyl sites for hydroxylation is 3. The molecule has 2 heterocycles. The normalized spacial score (nSPS) is 10.6. The molecule has 0 spiro atoms. The molecule has 0 aliphatic rings. The van der Waals surface area contributed by atoms with Crippen molar-refractivity contribution in [2.45, 2.75) is 33.1 Å². The standard InChI is InChI=1S/C13H18N4OS/c1-9-11(7-15-17-9)4-3-5-14-13(18)6-12-8-19-10(2)16-12/h7-8H,3-6H2,1-2H3,(H,14,18)(H,15,17). The molecule has 2 aromatic rings. The summed E-state index contributed by atoms with van der Waals surface area (Å²) in [4.78, 5) is 16.0. The average Bonchev–Trinajstić information content (AvgIpc) is 2.94. The Hall–Kier alpha value is -1.69. The summed E-state index contributed by atoms with van der Waals surface area (Å²) < 4.78 is 0. The zero-order valence-corrected chi connectivity index (χ0v) is 12.0. The highest BCUT2D eigenvalue weighted by molar-refractivity contribution is 7.09. The van der Waals surface area contributed by atoms with E-state index in [9.17, 15) is 4.79 Å². The van der Waals surface area contributed by atoms with Crippen LogP contribution in [-0.2, 0) is 17.6 Å². The molecule has 0 saturated heterocycles. The maximum Gasteiger partial charge on any atom is 0.226 e. The fourth-order valence-corrected chi connectivity index (χ4v) is 2.46. The van der Waals surface area contributed by atoms with Gasteiger partial charge in [0.05, 0.1) is 23.3 Å². The number of nitrogens with zero attached hydrogens (tertiary/aromatic N) is 2. The molecule has 0 unspecified atom stereocenters. The maximum atomic E-state index is 11.7. The van der Waals surface area contributed by atoms with Crippen molar-refractivity contribution in [3.05, 3.63) is 33.5 Å². The highest BCUT2D eigenvalue weighted by Crippen LogP contribution is 2.08. The van der Waals surface area contributed by atoms with E-state index in [1.54, 1.807) is 11.3 Å². The summed E-state index contributed by atoms with van der Waals surface area (Å²) in [5.74, 6) is 0.0363. The van der Waals surface area contributed by atoms with Crippen molar-refractivity contribution >= 4 is 17.2 Å². The van der Waals surface area contributed by atoms with Crippen LogP contribution in [0, 0.1) is 13.8 Å². The van der Waals surface area contributed by atoms with Crippen molar-refractivity contribution < 1.29 is 4.79 Å². The van der Waals surface area contributed by atoms with Gasteiger partial charge in [-0.1, -0.05) is 0 Å². The Labute approximate surface area is 116 Å². The molecule has 0 fully saturated rings. The predicted molar refractivity (Wildman–Crippen MR) is 75.2 cm³/mol. The second-order valence-electron chi connectivity index (χ2n) is 4.51. The zero-order valence-electron chi connectivity index (χ0n) is 11.2. The number of nitrogens with one attached hydrogen (secondary N) is 2. The lowest BCUT2D eigenvalue weighted by Crippen LogP contribution is -2.26. The van der Waals surface area contributed by atoms with Crippen LogP contribution in [0.25, 0.3) is 0 Å². The number of H-pyrrole nitrogens is 1. The lowest BCUT2D eigenvalue weighted by molar-refractivity contribution is -0.120. The Kier molecular flexibility index (Phi) is 4.68. The number of thiazole rings is 1. The summed E-state index contributed by atoms with van der Waals surface area (Å²) in [7, 11) is 0. The number of hydrogen-bond donors (Lipinski definition) is 2. The summed E-state index contributed by atoms with van der Waals surface area (Å²) in [5, 5.41) is 12.7. The van der Waals surface area contributed by atoms with Gasteiger partial charge in [-0.3, -0.25) is 9.89 Å². The Morgan fingerprint density at radius 1 is 1.47 bits per heavy atom. The minimum Gasteiger partial charge on any atom is -0.356 e. The van der Waals surface area contributed by atoms with Gasteiger partial charge in [-0.15, -0.1) is 11.3 Å². The lowest BCUT2D eigenvalue weighted by atomic mass is 10.1. The Bertz CT molecular complexity index is 546. The van der Waals surface area contributed by atoms with Crippen molar-refractivity contribution in [2.75, 3.05) is 6.54 Å². The number of aromatic nitrogens is 3. The maximum absolute atomic E-state index is 11.7. The van der Waals surface area contributed by atoms with Crippen LogP contribution in [0.3, 0.4) is 0 Å². The number of carbonyl (C=O) groups excluding carboxylic acids is 1. The monoisotopic (exact) mass is 278 g/mol. The molecule has 0 saturated carbocycles. The van der Waals surface area contributed by atoms with Crippen molar-refractivity contribution in [2.24, 2.45) is 0 Å². The Morgan fingerprint density at radius 3 is 2.95 bits per heavy atom. The summed E-state index contributed by atoms with van der Waals surface area (Å²) in [6.07, 6.45) is 4.06. The Morgan fingerprint density at radius 2 is 2.32 bits per heavy atom. The van der Waals surface area contributed by atoms with Crippen molar-refractivity contribution in [3.63, 3.8) is 0 Å². The van der Waals surface area contributed by atoms with E-state index in [4.69, 9.17) is 0 Å². The van der Waals surface area contributed by atoms with Gasteiger partial charge < -0.3 is 5.32 Å². The Balaban J connectivity index is 1.65. The molecule has 0 aliphatic heterocycles. The van der Waals surface area contributed by atoms with Crippen LogP contribution in [-0.4, -0.2) is 27.6 Å². The molecule has 2 rings (SSSR count). The lowest BCUT2D eigenvalue weighted by Gasteiger charge is -2.03. The number of carbonyl (C=O) groups is 1. The zero-order chi connectivity index (χ0) is 13.7. The summed E-state index contributed by atoms with van der Waals surface area (Å²) in [5.41, 5.74) is 3.17. The molecular formula is C13H18N4OS. The second kappa shape index (κ2) is 6.47. The fraction of sp³-hybridized carbons (Fsp3) is 0.462. The van der Waals surface area contributed by atoms with Gasteiger partial charge in [0.15, 0.2) is 0 Å². The predicted octanol–water partition coefficient (Wildman–Crippen LogP) is 1.77. The van der Waals surface area contributed by atoms with Crippen LogP contribution >= 0.6 is 11.3 Å².